The first-order valence-electron chi connectivity index (χ1n) is 10.8. The number of fused-ring (bicyclic) bond motifs is 1. The minimum absolute atomic E-state index is 0.0725. The van der Waals surface area contributed by atoms with Crippen molar-refractivity contribution in [3.05, 3.63) is 71.5 Å². The predicted octanol–water partition coefficient (Wildman–Crippen LogP) is 3.88. The third kappa shape index (κ3) is 4.32. The van der Waals surface area contributed by atoms with E-state index in [2.05, 4.69) is 15.6 Å². The summed E-state index contributed by atoms with van der Waals surface area (Å²) in [5, 5.41) is 7.62. The third-order valence-electron chi connectivity index (χ3n) is 5.85. The molecule has 7 heteroatoms. The Kier molecular flexibility index (Phi) is 6.16. The van der Waals surface area contributed by atoms with Gasteiger partial charge in [0.05, 0.1) is 5.69 Å². The molecule has 3 aromatic rings. The molecular weight excluding hydrogens is 404 g/mol. The average molecular weight is 431 g/mol. The van der Waals surface area contributed by atoms with E-state index in [0.717, 1.165) is 29.2 Å². The number of nitrogens with zero attached hydrogens (tertiary/aromatic N) is 2. The molecule has 32 heavy (non-hydrogen) atoms. The highest BCUT2D eigenvalue weighted by Gasteiger charge is 2.28. The number of amides is 3. The highest BCUT2D eigenvalue weighted by Crippen LogP contribution is 2.24. The van der Waals surface area contributed by atoms with Gasteiger partial charge in [-0.25, -0.2) is 4.98 Å². The van der Waals surface area contributed by atoms with Gasteiger partial charge in [0, 0.05) is 25.2 Å². The number of hydrogen-bond acceptors (Lipinski definition) is 4. The Morgan fingerprint density at radius 2 is 1.78 bits per heavy atom. The molecule has 0 aliphatic carbocycles. The van der Waals surface area contributed by atoms with Crippen LogP contribution in [0.1, 0.15) is 52.6 Å². The fourth-order valence-corrected chi connectivity index (χ4v) is 4.17. The minimum Gasteiger partial charge on any atom is -0.330 e. The number of nitrogens with one attached hydrogen (secondary N) is 2. The molecule has 164 valence electrons. The summed E-state index contributed by atoms with van der Waals surface area (Å²) in [5.41, 5.74) is 1.75. The van der Waals surface area contributed by atoms with E-state index in [1.54, 1.807) is 23.2 Å². The van der Waals surface area contributed by atoms with Gasteiger partial charge in [0.2, 0.25) is 5.91 Å². The first-order valence-corrected chi connectivity index (χ1v) is 10.8. The topological polar surface area (TPSA) is 91.4 Å². The van der Waals surface area contributed by atoms with Crippen LogP contribution in [0, 0.1) is 6.92 Å². The van der Waals surface area contributed by atoms with Gasteiger partial charge in [0.25, 0.3) is 11.8 Å². The number of pyridine rings is 1. The van der Waals surface area contributed by atoms with E-state index in [1.807, 2.05) is 43.3 Å². The number of anilines is 1. The molecule has 2 heterocycles. The summed E-state index contributed by atoms with van der Waals surface area (Å²) in [6.07, 6.45) is 3.70. The molecule has 1 atom stereocenters. The largest absolute Gasteiger partial charge is 0.330 e. The molecular formula is C25H26N4O3. The van der Waals surface area contributed by atoms with Crippen LogP contribution < -0.4 is 10.6 Å². The van der Waals surface area contributed by atoms with Gasteiger partial charge in [-0.2, -0.15) is 0 Å². The van der Waals surface area contributed by atoms with Gasteiger partial charge in [0.15, 0.2) is 5.69 Å². The van der Waals surface area contributed by atoms with E-state index in [-0.39, 0.29) is 23.7 Å². The van der Waals surface area contributed by atoms with Crippen LogP contribution in [0.15, 0.2) is 54.7 Å². The standard InChI is InChI=1S/C25H26N4O3/c1-16-13-14-26-23(25(32)27-21-12-5-6-15-29(21)17(2)30)22(16)28-24(31)20-11-7-9-18-8-3-4-10-19(18)20/h3-4,7-11,13-14,21H,5-6,12,15H2,1-2H3,(H,27,32)(H,28,31). The van der Waals surface area contributed by atoms with E-state index >= 15 is 0 Å². The molecule has 0 spiro atoms. The third-order valence-corrected chi connectivity index (χ3v) is 5.85. The fourth-order valence-electron chi connectivity index (χ4n) is 4.17. The zero-order valence-corrected chi connectivity index (χ0v) is 18.2. The fraction of sp³-hybridized carbons (Fsp3) is 0.280. The molecule has 1 fully saturated rings. The maximum atomic E-state index is 13.2. The average Bonchev–Trinajstić information content (AvgIpc) is 2.80. The quantitative estimate of drug-likeness (QED) is 0.657. The van der Waals surface area contributed by atoms with Crippen molar-refractivity contribution in [3.63, 3.8) is 0 Å². The highest BCUT2D eigenvalue weighted by atomic mass is 16.2. The molecule has 1 aliphatic heterocycles. The Morgan fingerprint density at radius 1 is 1.00 bits per heavy atom. The molecule has 2 aromatic carbocycles. The van der Waals surface area contributed by atoms with Gasteiger partial charge in [-0.05, 0) is 54.7 Å². The molecule has 1 unspecified atom stereocenters. The van der Waals surface area contributed by atoms with E-state index in [9.17, 15) is 14.4 Å². The van der Waals surface area contributed by atoms with Crippen LogP contribution in [-0.4, -0.2) is 40.3 Å². The monoisotopic (exact) mass is 430 g/mol. The van der Waals surface area contributed by atoms with Crippen molar-refractivity contribution in [2.24, 2.45) is 0 Å². The van der Waals surface area contributed by atoms with Crippen LogP contribution in [0.3, 0.4) is 0 Å². The van der Waals surface area contributed by atoms with Crippen LogP contribution >= 0.6 is 0 Å². The van der Waals surface area contributed by atoms with E-state index in [1.165, 1.54) is 6.92 Å². The lowest BCUT2D eigenvalue weighted by molar-refractivity contribution is -0.132. The van der Waals surface area contributed by atoms with Crippen molar-refractivity contribution in [1.29, 1.82) is 0 Å². The lowest BCUT2D eigenvalue weighted by Gasteiger charge is -2.35. The lowest BCUT2D eigenvalue weighted by atomic mass is 10.0. The Hall–Kier alpha value is -3.74. The second kappa shape index (κ2) is 9.18. The summed E-state index contributed by atoms with van der Waals surface area (Å²) in [6.45, 7) is 3.94. The number of carbonyl (C=O) groups excluding carboxylic acids is 3. The molecule has 1 aromatic heterocycles. The van der Waals surface area contributed by atoms with Crippen molar-refractivity contribution < 1.29 is 14.4 Å². The summed E-state index contributed by atoms with van der Waals surface area (Å²) < 4.78 is 0. The summed E-state index contributed by atoms with van der Waals surface area (Å²) >= 11 is 0. The van der Waals surface area contributed by atoms with Crippen LogP contribution in [0.4, 0.5) is 5.69 Å². The Balaban J connectivity index is 1.61. The van der Waals surface area contributed by atoms with Crippen LogP contribution in [0.5, 0.6) is 0 Å². The normalized spacial score (nSPS) is 15.9. The summed E-state index contributed by atoms with van der Waals surface area (Å²) in [7, 11) is 0. The van der Waals surface area contributed by atoms with E-state index in [0.29, 0.717) is 24.2 Å². The maximum absolute atomic E-state index is 13.2. The molecule has 4 rings (SSSR count). The molecule has 2 N–H and O–H groups in total. The Morgan fingerprint density at radius 3 is 2.59 bits per heavy atom. The van der Waals surface area contributed by atoms with E-state index in [4.69, 9.17) is 0 Å². The molecule has 0 saturated carbocycles. The Bertz CT molecular complexity index is 1190. The van der Waals surface area contributed by atoms with Gasteiger partial charge in [-0.3, -0.25) is 14.4 Å². The number of likely N-dealkylation sites (tertiary alicyclic amines) is 1. The first kappa shape index (κ1) is 21.5. The van der Waals surface area contributed by atoms with Gasteiger partial charge < -0.3 is 15.5 Å². The molecule has 1 aliphatic rings. The van der Waals surface area contributed by atoms with Crippen molar-refractivity contribution in [2.75, 3.05) is 11.9 Å². The number of carbonyl (C=O) groups is 3. The number of aromatic nitrogens is 1. The van der Waals surface area contributed by atoms with Crippen LogP contribution in [0.25, 0.3) is 10.8 Å². The number of piperidine rings is 1. The zero-order chi connectivity index (χ0) is 22.7. The molecule has 0 radical (unpaired) electrons. The van der Waals surface area contributed by atoms with Gasteiger partial charge >= 0.3 is 0 Å². The highest BCUT2D eigenvalue weighted by molar-refractivity contribution is 6.14. The summed E-state index contributed by atoms with van der Waals surface area (Å²) in [4.78, 5) is 44.2. The summed E-state index contributed by atoms with van der Waals surface area (Å²) in [5.74, 6) is -0.799. The number of rotatable bonds is 4. The number of hydrogen-bond donors (Lipinski definition) is 2. The van der Waals surface area contributed by atoms with Crippen molar-refractivity contribution >= 4 is 34.2 Å². The van der Waals surface area contributed by atoms with Gasteiger partial charge in [0.1, 0.15) is 6.17 Å². The van der Waals surface area contributed by atoms with Crippen LogP contribution in [0.2, 0.25) is 0 Å². The molecule has 1 saturated heterocycles. The first-order chi connectivity index (χ1) is 15.5. The van der Waals surface area contributed by atoms with Crippen molar-refractivity contribution in [3.8, 4) is 0 Å². The van der Waals surface area contributed by atoms with Crippen molar-refractivity contribution in [2.45, 2.75) is 39.3 Å². The Labute approximate surface area is 186 Å². The smallest absolute Gasteiger partial charge is 0.273 e. The van der Waals surface area contributed by atoms with Gasteiger partial charge in [-0.15, -0.1) is 0 Å². The molecule has 0 bridgehead atoms. The second-order valence-corrected chi connectivity index (χ2v) is 8.03. The van der Waals surface area contributed by atoms with Crippen molar-refractivity contribution in [1.82, 2.24) is 15.2 Å². The SMILES string of the molecule is CC(=O)N1CCCCC1NC(=O)c1nccc(C)c1NC(=O)c1cccc2ccccc12. The predicted molar refractivity (Wildman–Crippen MR) is 123 cm³/mol. The minimum atomic E-state index is -0.417. The zero-order valence-electron chi connectivity index (χ0n) is 18.2. The number of aryl methyl sites for hydroxylation is 1. The molecule has 3 amide bonds. The maximum Gasteiger partial charge on any atom is 0.273 e. The number of benzene rings is 2. The van der Waals surface area contributed by atoms with Crippen LogP contribution in [-0.2, 0) is 4.79 Å². The second-order valence-electron chi connectivity index (χ2n) is 8.03. The lowest BCUT2D eigenvalue weighted by Crippen LogP contribution is -2.52. The van der Waals surface area contributed by atoms with E-state index < -0.39 is 5.91 Å². The van der Waals surface area contributed by atoms with Gasteiger partial charge in [-0.1, -0.05) is 36.4 Å². The summed E-state index contributed by atoms with van der Waals surface area (Å²) in [6, 6.07) is 14.9. The molecule has 7 nitrogen and oxygen atoms in total.